The van der Waals surface area contributed by atoms with Crippen molar-refractivity contribution >= 4 is 28.7 Å². The fourth-order valence-electron chi connectivity index (χ4n) is 3.37. The molecule has 0 atom stereocenters. The fraction of sp³-hybridized carbons (Fsp3) is 0.227. The number of halogens is 2. The number of aromatic nitrogens is 1. The number of carbonyl (C=O) groups is 3. The van der Waals surface area contributed by atoms with Gasteiger partial charge in [0.2, 0.25) is 5.91 Å². The van der Waals surface area contributed by atoms with Crippen LogP contribution in [-0.4, -0.2) is 41.1 Å². The van der Waals surface area contributed by atoms with Crippen LogP contribution in [-0.2, 0) is 16.0 Å². The highest BCUT2D eigenvalue weighted by Crippen LogP contribution is 2.32. The SMILES string of the molecule is COc1cc2c(CC(=O)NCCC(=O)O)c(C)n(C(=O)c3ccc(F)cc3)c2cc1F. The van der Waals surface area contributed by atoms with Crippen LogP contribution < -0.4 is 10.1 Å². The predicted molar refractivity (Wildman–Crippen MR) is 108 cm³/mol. The summed E-state index contributed by atoms with van der Waals surface area (Å²) in [4.78, 5) is 36.1. The molecule has 0 aliphatic heterocycles. The van der Waals surface area contributed by atoms with Gasteiger partial charge in [0.05, 0.1) is 25.5 Å². The van der Waals surface area contributed by atoms with Crippen LogP contribution in [0.3, 0.4) is 0 Å². The summed E-state index contributed by atoms with van der Waals surface area (Å²) in [5, 5.41) is 11.7. The van der Waals surface area contributed by atoms with Gasteiger partial charge in [-0.05, 0) is 42.8 Å². The first-order valence-electron chi connectivity index (χ1n) is 9.39. The molecule has 0 unspecified atom stereocenters. The Hall–Kier alpha value is -3.75. The second kappa shape index (κ2) is 8.95. The van der Waals surface area contributed by atoms with E-state index in [0.29, 0.717) is 16.6 Å². The van der Waals surface area contributed by atoms with E-state index in [4.69, 9.17) is 9.84 Å². The van der Waals surface area contributed by atoms with Crippen LogP contribution in [0.25, 0.3) is 10.9 Å². The molecule has 0 radical (unpaired) electrons. The van der Waals surface area contributed by atoms with E-state index in [1.165, 1.54) is 29.9 Å². The molecular weight excluding hydrogens is 410 g/mol. The van der Waals surface area contributed by atoms with Crippen molar-refractivity contribution in [2.24, 2.45) is 0 Å². The average molecular weight is 430 g/mol. The van der Waals surface area contributed by atoms with Gasteiger partial charge in [0.15, 0.2) is 11.6 Å². The summed E-state index contributed by atoms with van der Waals surface area (Å²) < 4.78 is 34.0. The monoisotopic (exact) mass is 430 g/mol. The maximum Gasteiger partial charge on any atom is 0.305 e. The van der Waals surface area contributed by atoms with Gasteiger partial charge in [0, 0.05) is 29.3 Å². The maximum atomic E-state index is 14.4. The molecular formula is C22H20F2N2O5. The lowest BCUT2D eigenvalue weighted by Crippen LogP contribution is -2.27. The standard InChI is InChI=1S/C22H20F2N2O5/c1-12-15(10-20(27)25-8-7-21(28)29)16-9-19(31-2)17(24)11-18(16)26(12)22(30)13-3-5-14(23)6-4-13/h3-6,9,11H,7-8,10H2,1-2H3,(H,25,27)(H,28,29). The van der Waals surface area contributed by atoms with Crippen LogP contribution in [0.5, 0.6) is 5.75 Å². The van der Waals surface area contributed by atoms with Gasteiger partial charge >= 0.3 is 5.97 Å². The van der Waals surface area contributed by atoms with Crippen molar-refractivity contribution in [2.45, 2.75) is 19.8 Å². The Bertz CT molecular complexity index is 1170. The lowest BCUT2D eigenvalue weighted by Gasteiger charge is -2.08. The number of amides is 1. The van der Waals surface area contributed by atoms with E-state index in [1.807, 2.05) is 0 Å². The maximum absolute atomic E-state index is 14.4. The summed E-state index contributed by atoms with van der Waals surface area (Å²) in [6.07, 6.45) is -0.380. The number of ether oxygens (including phenoxy) is 1. The lowest BCUT2D eigenvalue weighted by atomic mass is 10.1. The molecule has 1 amide bonds. The number of carboxylic acids is 1. The number of carboxylic acid groups (broad SMARTS) is 1. The van der Waals surface area contributed by atoms with Crippen LogP contribution in [0.15, 0.2) is 36.4 Å². The molecule has 3 aromatic rings. The van der Waals surface area contributed by atoms with Crippen molar-refractivity contribution < 1.29 is 33.0 Å². The molecule has 0 aliphatic rings. The van der Waals surface area contributed by atoms with Crippen LogP contribution in [0, 0.1) is 18.6 Å². The molecule has 2 aromatic carbocycles. The van der Waals surface area contributed by atoms with E-state index in [2.05, 4.69) is 5.32 Å². The van der Waals surface area contributed by atoms with Crippen molar-refractivity contribution in [1.82, 2.24) is 9.88 Å². The average Bonchev–Trinajstić information content (AvgIpc) is 2.97. The number of carbonyl (C=O) groups excluding carboxylic acids is 2. The fourth-order valence-corrected chi connectivity index (χ4v) is 3.37. The van der Waals surface area contributed by atoms with E-state index < -0.39 is 29.4 Å². The quantitative estimate of drug-likeness (QED) is 0.601. The molecule has 0 saturated heterocycles. The van der Waals surface area contributed by atoms with Crippen LogP contribution in [0.2, 0.25) is 0 Å². The highest BCUT2D eigenvalue weighted by Gasteiger charge is 2.23. The topological polar surface area (TPSA) is 97.6 Å². The first-order chi connectivity index (χ1) is 14.7. The number of fused-ring (bicyclic) bond motifs is 1. The zero-order valence-corrected chi connectivity index (χ0v) is 16.9. The molecule has 1 aromatic heterocycles. The first-order valence-corrected chi connectivity index (χ1v) is 9.39. The molecule has 2 N–H and O–H groups in total. The normalized spacial score (nSPS) is 10.8. The zero-order chi connectivity index (χ0) is 22.7. The third kappa shape index (κ3) is 4.55. The zero-order valence-electron chi connectivity index (χ0n) is 16.9. The molecule has 1 heterocycles. The highest BCUT2D eigenvalue weighted by molar-refractivity contribution is 6.05. The molecule has 0 spiro atoms. The van der Waals surface area contributed by atoms with Gasteiger partial charge in [-0.2, -0.15) is 0 Å². The van der Waals surface area contributed by atoms with E-state index in [1.54, 1.807) is 6.92 Å². The summed E-state index contributed by atoms with van der Waals surface area (Å²) in [6, 6.07) is 7.49. The van der Waals surface area contributed by atoms with Crippen molar-refractivity contribution in [3.05, 3.63) is 64.9 Å². The molecule has 31 heavy (non-hydrogen) atoms. The number of nitrogens with zero attached hydrogens (tertiary/aromatic N) is 1. The number of aliphatic carboxylic acids is 1. The Balaban J connectivity index is 2.08. The molecule has 7 nitrogen and oxygen atoms in total. The molecule has 0 aliphatic carbocycles. The molecule has 9 heteroatoms. The smallest absolute Gasteiger partial charge is 0.305 e. The molecule has 0 bridgehead atoms. The third-order valence-electron chi connectivity index (χ3n) is 4.90. The summed E-state index contributed by atoms with van der Waals surface area (Å²) in [5.41, 5.74) is 1.30. The summed E-state index contributed by atoms with van der Waals surface area (Å²) >= 11 is 0. The molecule has 162 valence electrons. The number of hydrogen-bond donors (Lipinski definition) is 2. The van der Waals surface area contributed by atoms with Gasteiger partial charge in [0.1, 0.15) is 5.82 Å². The highest BCUT2D eigenvalue weighted by atomic mass is 19.1. The van der Waals surface area contributed by atoms with Gasteiger partial charge in [-0.25, -0.2) is 8.78 Å². The van der Waals surface area contributed by atoms with Gasteiger partial charge < -0.3 is 15.2 Å². The Morgan fingerprint density at radius 3 is 2.42 bits per heavy atom. The number of hydrogen-bond acceptors (Lipinski definition) is 4. The van der Waals surface area contributed by atoms with E-state index >= 15 is 0 Å². The van der Waals surface area contributed by atoms with Gasteiger partial charge in [-0.1, -0.05) is 0 Å². The summed E-state index contributed by atoms with van der Waals surface area (Å²) in [6.45, 7) is 1.57. The predicted octanol–water partition coefficient (Wildman–Crippen LogP) is 3.06. The Morgan fingerprint density at radius 2 is 1.81 bits per heavy atom. The van der Waals surface area contributed by atoms with Crippen molar-refractivity contribution in [1.29, 1.82) is 0 Å². The van der Waals surface area contributed by atoms with Gasteiger partial charge in [-0.15, -0.1) is 0 Å². The van der Waals surface area contributed by atoms with E-state index in [-0.39, 0.29) is 36.2 Å². The van der Waals surface area contributed by atoms with Crippen molar-refractivity contribution in [3.8, 4) is 5.75 Å². The van der Waals surface area contributed by atoms with E-state index in [9.17, 15) is 23.2 Å². The number of nitrogens with one attached hydrogen (secondary N) is 1. The van der Waals surface area contributed by atoms with Gasteiger partial charge in [-0.3, -0.25) is 19.0 Å². The van der Waals surface area contributed by atoms with Crippen molar-refractivity contribution in [3.63, 3.8) is 0 Å². The third-order valence-corrected chi connectivity index (χ3v) is 4.90. The van der Waals surface area contributed by atoms with Gasteiger partial charge in [0.25, 0.3) is 5.91 Å². The summed E-state index contributed by atoms with van der Waals surface area (Å²) in [5.74, 6) is -3.23. The Morgan fingerprint density at radius 1 is 1.13 bits per heavy atom. The van der Waals surface area contributed by atoms with Crippen LogP contribution in [0.4, 0.5) is 8.78 Å². The number of benzene rings is 2. The summed E-state index contributed by atoms with van der Waals surface area (Å²) in [7, 11) is 1.30. The van der Waals surface area contributed by atoms with Crippen LogP contribution in [0.1, 0.15) is 28.0 Å². The number of methoxy groups -OCH3 is 1. The molecule has 0 saturated carbocycles. The number of rotatable bonds is 7. The second-order valence-electron chi connectivity index (χ2n) is 6.89. The Labute approximate surface area is 176 Å². The largest absolute Gasteiger partial charge is 0.494 e. The lowest BCUT2D eigenvalue weighted by molar-refractivity contribution is -0.136. The minimum absolute atomic E-state index is 0.0433. The first kappa shape index (κ1) is 21.9. The Kier molecular flexibility index (Phi) is 6.33. The molecule has 3 rings (SSSR count). The van der Waals surface area contributed by atoms with E-state index in [0.717, 1.165) is 18.2 Å². The molecule has 0 fully saturated rings. The van der Waals surface area contributed by atoms with Crippen molar-refractivity contribution in [2.75, 3.05) is 13.7 Å². The minimum Gasteiger partial charge on any atom is -0.494 e. The van der Waals surface area contributed by atoms with Crippen LogP contribution >= 0.6 is 0 Å². The minimum atomic E-state index is -1.04. The second-order valence-corrected chi connectivity index (χ2v) is 6.89.